The molecule has 0 amide bonds. The summed E-state index contributed by atoms with van der Waals surface area (Å²) in [6, 6.07) is 6.13. The van der Waals surface area contributed by atoms with Gasteiger partial charge in [-0.3, -0.25) is 4.98 Å². The van der Waals surface area contributed by atoms with Gasteiger partial charge in [0.25, 0.3) is 0 Å². The lowest BCUT2D eigenvalue weighted by Crippen LogP contribution is -2.19. The van der Waals surface area contributed by atoms with E-state index in [9.17, 15) is 0 Å². The summed E-state index contributed by atoms with van der Waals surface area (Å²) < 4.78 is 0. The second-order valence-electron chi connectivity index (χ2n) is 5.22. The lowest BCUT2D eigenvalue weighted by molar-refractivity contribution is 0.313. The lowest BCUT2D eigenvalue weighted by Gasteiger charge is -2.15. The number of halogens is 1. The molecule has 1 rings (SSSR count). The Balaban J connectivity index is 1.94. The molecule has 0 unspecified atom stereocenters. The average molecular weight is 327 g/mol. The van der Waals surface area contributed by atoms with Gasteiger partial charge < -0.3 is 4.90 Å². The molecule has 0 bridgehead atoms. The van der Waals surface area contributed by atoms with Crippen molar-refractivity contribution in [2.45, 2.75) is 51.5 Å². The summed E-state index contributed by atoms with van der Waals surface area (Å²) in [5.74, 6) is 0. The first-order valence-corrected chi connectivity index (χ1v) is 8.59. The van der Waals surface area contributed by atoms with E-state index in [2.05, 4.69) is 45.0 Å². The first-order chi connectivity index (χ1) is 9.33. The number of hydrogen-bond acceptors (Lipinski definition) is 2. The van der Waals surface area contributed by atoms with E-state index in [4.69, 9.17) is 0 Å². The quantitative estimate of drug-likeness (QED) is 0.435. The van der Waals surface area contributed by atoms with Crippen molar-refractivity contribution in [1.29, 1.82) is 0 Å². The number of rotatable bonds is 11. The van der Waals surface area contributed by atoms with E-state index in [-0.39, 0.29) is 0 Å². The summed E-state index contributed by atoms with van der Waals surface area (Å²) in [5.41, 5.74) is 1.17. The highest BCUT2D eigenvalue weighted by atomic mass is 79.9. The molecule has 1 aromatic heterocycles. The number of aromatic nitrogens is 1. The Morgan fingerprint density at radius 1 is 1.00 bits per heavy atom. The van der Waals surface area contributed by atoms with Crippen LogP contribution in [0.15, 0.2) is 24.4 Å². The van der Waals surface area contributed by atoms with Crippen LogP contribution in [0.4, 0.5) is 0 Å². The molecule has 0 atom stereocenters. The Bertz CT molecular complexity index is 303. The van der Waals surface area contributed by atoms with Crippen molar-refractivity contribution in [1.82, 2.24) is 9.88 Å². The molecule has 0 spiro atoms. The molecule has 108 valence electrons. The Labute approximate surface area is 126 Å². The van der Waals surface area contributed by atoms with E-state index in [1.165, 1.54) is 57.2 Å². The van der Waals surface area contributed by atoms with Crippen molar-refractivity contribution in [3.05, 3.63) is 30.1 Å². The molecular weight excluding hydrogens is 300 g/mol. The summed E-state index contributed by atoms with van der Waals surface area (Å²) >= 11 is 3.48. The van der Waals surface area contributed by atoms with Crippen molar-refractivity contribution >= 4 is 15.9 Å². The molecular formula is C16H27BrN2. The normalized spacial score (nSPS) is 11.1. The maximum atomic E-state index is 4.36. The van der Waals surface area contributed by atoms with Crippen molar-refractivity contribution < 1.29 is 0 Å². The molecule has 2 nitrogen and oxygen atoms in total. The van der Waals surface area contributed by atoms with E-state index >= 15 is 0 Å². The number of hydrogen-bond donors (Lipinski definition) is 0. The molecule has 1 heterocycles. The zero-order chi connectivity index (χ0) is 13.8. The second-order valence-corrected chi connectivity index (χ2v) is 6.02. The van der Waals surface area contributed by atoms with Crippen molar-refractivity contribution in [2.75, 3.05) is 18.9 Å². The fourth-order valence-electron chi connectivity index (χ4n) is 2.21. The van der Waals surface area contributed by atoms with Crippen molar-refractivity contribution in [2.24, 2.45) is 0 Å². The third-order valence-corrected chi connectivity index (χ3v) is 3.89. The highest BCUT2D eigenvalue weighted by molar-refractivity contribution is 9.09. The van der Waals surface area contributed by atoms with Crippen LogP contribution in [-0.2, 0) is 6.54 Å². The van der Waals surface area contributed by atoms with Gasteiger partial charge in [-0.05, 0) is 38.6 Å². The molecule has 0 N–H and O–H groups in total. The molecule has 0 fully saturated rings. The van der Waals surface area contributed by atoms with Crippen LogP contribution in [0.25, 0.3) is 0 Å². The molecule has 0 aliphatic heterocycles. The molecule has 0 radical (unpaired) electrons. The van der Waals surface area contributed by atoms with Crippen LogP contribution in [0.5, 0.6) is 0 Å². The molecule has 0 aliphatic rings. The molecule has 19 heavy (non-hydrogen) atoms. The number of unbranched alkanes of at least 4 members (excludes halogenated alkanes) is 6. The Hall–Kier alpha value is -0.410. The van der Waals surface area contributed by atoms with Gasteiger partial charge in [0.05, 0.1) is 5.69 Å². The summed E-state index contributed by atoms with van der Waals surface area (Å²) in [6.45, 7) is 2.14. The maximum Gasteiger partial charge on any atom is 0.0543 e. The lowest BCUT2D eigenvalue weighted by atomic mass is 10.1. The summed E-state index contributed by atoms with van der Waals surface area (Å²) in [6.07, 6.45) is 11.4. The smallest absolute Gasteiger partial charge is 0.0543 e. The van der Waals surface area contributed by atoms with E-state index < -0.39 is 0 Å². The van der Waals surface area contributed by atoms with Gasteiger partial charge in [0.1, 0.15) is 0 Å². The minimum Gasteiger partial charge on any atom is -0.301 e. The predicted octanol–water partition coefficient (Wildman–Crippen LogP) is 4.64. The average Bonchev–Trinajstić information content (AvgIpc) is 2.43. The first-order valence-electron chi connectivity index (χ1n) is 7.47. The zero-order valence-electron chi connectivity index (χ0n) is 12.2. The Morgan fingerprint density at radius 3 is 2.32 bits per heavy atom. The van der Waals surface area contributed by atoms with Gasteiger partial charge in [-0.15, -0.1) is 0 Å². The van der Waals surface area contributed by atoms with E-state index in [0.717, 1.165) is 11.9 Å². The van der Waals surface area contributed by atoms with Gasteiger partial charge >= 0.3 is 0 Å². The molecule has 0 aromatic carbocycles. The van der Waals surface area contributed by atoms with Gasteiger partial charge in [-0.1, -0.05) is 54.1 Å². The van der Waals surface area contributed by atoms with Gasteiger partial charge in [-0.25, -0.2) is 0 Å². The molecule has 0 aliphatic carbocycles. The third kappa shape index (κ3) is 9.17. The fraction of sp³-hybridized carbons (Fsp3) is 0.688. The molecule has 0 saturated carbocycles. The van der Waals surface area contributed by atoms with E-state index in [1.54, 1.807) is 0 Å². The SMILES string of the molecule is CN(CCCCCCCCCBr)Cc1ccccn1. The van der Waals surface area contributed by atoms with Crippen LogP contribution in [0.3, 0.4) is 0 Å². The highest BCUT2D eigenvalue weighted by Gasteiger charge is 2.00. The van der Waals surface area contributed by atoms with E-state index in [0.29, 0.717) is 0 Å². The minimum atomic E-state index is 0.964. The van der Waals surface area contributed by atoms with Crippen molar-refractivity contribution in [3.8, 4) is 0 Å². The largest absolute Gasteiger partial charge is 0.301 e. The maximum absolute atomic E-state index is 4.36. The predicted molar refractivity (Wildman–Crippen MR) is 86.7 cm³/mol. The van der Waals surface area contributed by atoms with Crippen LogP contribution >= 0.6 is 15.9 Å². The minimum absolute atomic E-state index is 0.964. The van der Waals surface area contributed by atoms with Gasteiger partial charge in [0.15, 0.2) is 0 Å². The summed E-state index contributed by atoms with van der Waals surface area (Å²) in [5, 5.41) is 1.16. The monoisotopic (exact) mass is 326 g/mol. The van der Waals surface area contributed by atoms with Gasteiger partial charge in [0.2, 0.25) is 0 Å². The second kappa shape index (κ2) is 11.4. The number of alkyl halides is 1. The number of pyridine rings is 1. The molecule has 3 heteroatoms. The van der Waals surface area contributed by atoms with Crippen LogP contribution in [0.1, 0.15) is 50.6 Å². The van der Waals surface area contributed by atoms with Crippen LogP contribution in [0, 0.1) is 0 Å². The van der Waals surface area contributed by atoms with Crippen LogP contribution in [0.2, 0.25) is 0 Å². The summed E-state index contributed by atoms with van der Waals surface area (Å²) in [7, 11) is 2.19. The summed E-state index contributed by atoms with van der Waals surface area (Å²) in [4.78, 5) is 6.73. The number of nitrogens with zero attached hydrogens (tertiary/aromatic N) is 2. The highest BCUT2D eigenvalue weighted by Crippen LogP contribution is 2.09. The standard InChI is InChI=1S/C16H27BrN2/c1-19(15-16-11-7-9-13-18-16)14-10-6-4-2-3-5-8-12-17/h7,9,11,13H,2-6,8,10,12,14-15H2,1H3. The van der Waals surface area contributed by atoms with Crippen molar-refractivity contribution in [3.63, 3.8) is 0 Å². The van der Waals surface area contributed by atoms with Gasteiger partial charge in [-0.2, -0.15) is 0 Å². The van der Waals surface area contributed by atoms with Gasteiger partial charge in [0, 0.05) is 18.1 Å². The topological polar surface area (TPSA) is 16.1 Å². The van der Waals surface area contributed by atoms with E-state index in [1.807, 2.05) is 12.3 Å². The zero-order valence-corrected chi connectivity index (χ0v) is 13.7. The Morgan fingerprint density at radius 2 is 1.68 bits per heavy atom. The fourth-order valence-corrected chi connectivity index (χ4v) is 2.60. The van der Waals surface area contributed by atoms with Crippen LogP contribution < -0.4 is 0 Å². The first kappa shape index (κ1) is 16.6. The third-order valence-electron chi connectivity index (χ3n) is 3.33. The van der Waals surface area contributed by atoms with Crippen LogP contribution in [-0.4, -0.2) is 28.8 Å². The molecule has 1 aromatic rings. The Kier molecular flexibility index (Phi) is 10.0. The molecule has 0 saturated heterocycles.